The molecule has 0 saturated carbocycles. The van der Waals surface area contributed by atoms with Crippen LogP contribution in [0.25, 0.3) is 22.4 Å². The molecule has 0 bridgehead atoms. The van der Waals surface area contributed by atoms with Gasteiger partial charge in [-0.3, -0.25) is 0 Å². The summed E-state index contributed by atoms with van der Waals surface area (Å²) in [7, 11) is 0. The summed E-state index contributed by atoms with van der Waals surface area (Å²) in [6.07, 6.45) is 0. The van der Waals surface area contributed by atoms with Crippen LogP contribution in [0.15, 0.2) is 60.7 Å². The summed E-state index contributed by atoms with van der Waals surface area (Å²) in [6.45, 7) is 13.7. The molecule has 0 aliphatic rings. The summed E-state index contributed by atoms with van der Waals surface area (Å²) < 4.78 is 8.71. The Hall–Kier alpha value is -3.07. The minimum absolute atomic E-state index is 0.0955. The largest absolute Gasteiger partial charge is 0.488 e. The van der Waals surface area contributed by atoms with E-state index in [1.54, 1.807) is 0 Å². The van der Waals surface area contributed by atoms with E-state index in [-0.39, 0.29) is 5.54 Å². The quantitative estimate of drug-likeness (QED) is 0.371. The number of imidazole rings is 1. The molecular weight excluding hydrogens is 368 g/mol. The van der Waals surface area contributed by atoms with Gasteiger partial charge in [-0.15, -0.1) is 0 Å². The van der Waals surface area contributed by atoms with Crippen LogP contribution in [0.5, 0.6) is 5.75 Å². The predicted octanol–water partition coefficient (Wildman–Crippen LogP) is 6.96. The molecule has 4 aromatic rings. The maximum atomic E-state index is 6.36. The van der Waals surface area contributed by atoms with Gasteiger partial charge in [0, 0.05) is 16.7 Å². The maximum absolute atomic E-state index is 6.36. The third-order valence-corrected chi connectivity index (χ3v) is 5.74. The SMILES string of the molecule is Cc1cc(-c2nc3ccccc3n2C(C)(C)C)c(C)c(OCc2ccccc2)c1C. The lowest BCUT2D eigenvalue weighted by Crippen LogP contribution is -2.22. The number of hydrogen-bond donors (Lipinski definition) is 0. The minimum Gasteiger partial charge on any atom is -0.488 e. The Morgan fingerprint density at radius 2 is 1.53 bits per heavy atom. The van der Waals surface area contributed by atoms with Crippen molar-refractivity contribution in [2.75, 3.05) is 0 Å². The fourth-order valence-electron chi connectivity index (χ4n) is 4.08. The summed E-state index contributed by atoms with van der Waals surface area (Å²) >= 11 is 0. The van der Waals surface area contributed by atoms with Crippen LogP contribution in [-0.4, -0.2) is 9.55 Å². The second kappa shape index (κ2) is 7.64. The van der Waals surface area contributed by atoms with E-state index in [2.05, 4.69) is 82.5 Å². The zero-order valence-corrected chi connectivity index (χ0v) is 18.8. The van der Waals surface area contributed by atoms with E-state index in [0.717, 1.165) is 33.7 Å². The lowest BCUT2D eigenvalue weighted by molar-refractivity contribution is 0.302. The first-order valence-corrected chi connectivity index (χ1v) is 10.5. The van der Waals surface area contributed by atoms with Crippen molar-refractivity contribution in [1.82, 2.24) is 9.55 Å². The Kier molecular flexibility index (Phi) is 5.15. The van der Waals surface area contributed by atoms with Crippen molar-refractivity contribution in [2.24, 2.45) is 0 Å². The maximum Gasteiger partial charge on any atom is 0.142 e. The first-order valence-electron chi connectivity index (χ1n) is 10.5. The van der Waals surface area contributed by atoms with Gasteiger partial charge in [-0.05, 0) is 76.4 Å². The second-order valence-electron chi connectivity index (χ2n) is 9.02. The molecule has 0 aliphatic carbocycles. The Bertz CT molecular complexity index is 1200. The number of aryl methyl sites for hydroxylation is 1. The average molecular weight is 399 g/mol. The van der Waals surface area contributed by atoms with Gasteiger partial charge in [0.1, 0.15) is 18.2 Å². The molecule has 30 heavy (non-hydrogen) atoms. The van der Waals surface area contributed by atoms with Crippen molar-refractivity contribution in [1.29, 1.82) is 0 Å². The average Bonchev–Trinajstić information content (AvgIpc) is 3.11. The third-order valence-electron chi connectivity index (χ3n) is 5.74. The first kappa shape index (κ1) is 20.2. The fraction of sp³-hybridized carbons (Fsp3) is 0.296. The molecule has 0 atom stereocenters. The standard InChI is InChI=1S/C27H30N2O/c1-18-16-22(20(3)25(19(18)2)30-17-21-12-8-7-9-13-21)26-28-23-14-10-11-15-24(23)29(26)27(4,5)6/h7-16H,17H2,1-6H3. The molecule has 0 radical (unpaired) electrons. The molecule has 0 spiro atoms. The molecule has 154 valence electrons. The van der Waals surface area contributed by atoms with Crippen molar-refractivity contribution in [2.45, 2.75) is 53.7 Å². The zero-order valence-electron chi connectivity index (χ0n) is 18.8. The molecule has 0 amide bonds. The Morgan fingerprint density at radius 3 is 2.23 bits per heavy atom. The van der Waals surface area contributed by atoms with Gasteiger partial charge in [-0.1, -0.05) is 42.5 Å². The summed E-state index contributed by atoms with van der Waals surface area (Å²) in [6, 6.07) is 20.9. The third kappa shape index (κ3) is 3.60. The predicted molar refractivity (Wildman–Crippen MR) is 125 cm³/mol. The Morgan fingerprint density at radius 1 is 0.867 bits per heavy atom. The molecule has 4 rings (SSSR count). The summed E-state index contributed by atoms with van der Waals surface area (Å²) in [5.41, 5.74) is 7.92. The van der Waals surface area contributed by atoms with Crippen LogP contribution in [-0.2, 0) is 12.1 Å². The topological polar surface area (TPSA) is 27.1 Å². The van der Waals surface area contributed by atoms with Crippen LogP contribution in [0.1, 0.15) is 43.0 Å². The van der Waals surface area contributed by atoms with E-state index in [9.17, 15) is 0 Å². The summed E-state index contributed by atoms with van der Waals surface area (Å²) in [4.78, 5) is 5.05. The van der Waals surface area contributed by atoms with Gasteiger partial charge in [-0.25, -0.2) is 4.98 Å². The van der Waals surface area contributed by atoms with E-state index in [0.29, 0.717) is 6.61 Å². The van der Waals surface area contributed by atoms with E-state index in [1.165, 1.54) is 16.7 Å². The normalized spacial score (nSPS) is 11.8. The molecule has 0 fully saturated rings. The van der Waals surface area contributed by atoms with Crippen molar-refractivity contribution in [3.05, 3.63) is 82.9 Å². The zero-order chi connectivity index (χ0) is 21.5. The van der Waals surface area contributed by atoms with Crippen LogP contribution in [0.3, 0.4) is 0 Å². The lowest BCUT2D eigenvalue weighted by Gasteiger charge is -2.26. The van der Waals surface area contributed by atoms with Gasteiger partial charge < -0.3 is 9.30 Å². The molecule has 3 aromatic carbocycles. The van der Waals surface area contributed by atoms with Crippen molar-refractivity contribution in [3.63, 3.8) is 0 Å². The van der Waals surface area contributed by atoms with Gasteiger partial charge in [0.25, 0.3) is 0 Å². The monoisotopic (exact) mass is 398 g/mol. The number of aromatic nitrogens is 2. The van der Waals surface area contributed by atoms with Crippen LogP contribution >= 0.6 is 0 Å². The molecule has 0 N–H and O–H groups in total. The molecule has 3 nitrogen and oxygen atoms in total. The van der Waals surface area contributed by atoms with Crippen LogP contribution in [0.2, 0.25) is 0 Å². The second-order valence-corrected chi connectivity index (χ2v) is 9.02. The van der Waals surface area contributed by atoms with E-state index >= 15 is 0 Å². The Balaban J connectivity index is 1.87. The highest BCUT2D eigenvalue weighted by atomic mass is 16.5. The molecule has 1 aromatic heterocycles. The highest BCUT2D eigenvalue weighted by Gasteiger charge is 2.25. The first-order chi connectivity index (χ1) is 14.3. The summed E-state index contributed by atoms with van der Waals surface area (Å²) in [5.74, 6) is 1.95. The number of fused-ring (bicyclic) bond motifs is 1. The molecule has 0 unspecified atom stereocenters. The fourth-order valence-corrected chi connectivity index (χ4v) is 4.08. The highest BCUT2D eigenvalue weighted by Crippen LogP contribution is 2.38. The van der Waals surface area contributed by atoms with Gasteiger partial charge >= 0.3 is 0 Å². The van der Waals surface area contributed by atoms with E-state index < -0.39 is 0 Å². The highest BCUT2D eigenvalue weighted by molar-refractivity contribution is 5.82. The molecule has 3 heteroatoms. The van der Waals surface area contributed by atoms with Gasteiger partial charge in [0.05, 0.1) is 11.0 Å². The van der Waals surface area contributed by atoms with Crippen LogP contribution in [0, 0.1) is 20.8 Å². The van der Waals surface area contributed by atoms with Crippen LogP contribution in [0.4, 0.5) is 0 Å². The molecule has 1 heterocycles. The van der Waals surface area contributed by atoms with Gasteiger partial charge in [0.2, 0.25) is 0 Å². The van der Waals surface area contributed by atoms with E-state index in [1.807, 2.05) is 24.3 Å². The molecule has 0 aliphatic heterocycles. The molecular formula is C27H30N2O. The smallest absolute Gasteiger partial charge is 0.142 e. The minimum atomic E-state index is -0.0955. The number of ether oxygens (including phenoxy) is 1. The van der Waals surface area contributed by atoms with Crippen molar-refractivity contribution < 1.29 is 4.74 Å². The van der Waals surface area contributed by atoms with Gasteiger partial charge in [0.15, 0.2) is 0 Å². The Labute approximate surface area is 179 Å². The van der Waals surface area contributed by atoms with Gasteiger partial charge in [-0.2, -0.15) is 0 Å². The lowest BCUT2D eigenvalue weighted by atomic mass is 9.97. The van der Waals surface area contributed by atoms with Crippen molar-refractivity contribution in [3.8, 4) is 17.1 Å². The molecule has 0 saturated heterocycles. The number of hydrogen-bond acceptors (Lipinski definition) is 2. The van der Waals surface area contributed by atoms with Crippen molar-refractivity contribution >= 4 is 11.0 Å². The van der Waals surface area contributed by atoms with Crippen LogP contribution < -0.4 is 4.74 Å². The number of nitrogens with zero attached hydrogens (tertiary/aromatic N) is 2. The summed E-state index contributed by atoms with van der Waals surface area (Å²) in [5, 5.41) is 0. The van der Waals surface area contributed by atoms with E-state index in [4.69, 9.17) is 9.72 Å². The number of benzene rings is 3. The number of para-hydroxylation sites is 2. The number of rotatable bonds is 4.